The van der Waals surface area contributed by atoms with E-state index in [2.05, 4.69) is 5.16 Å². The summed E-state index contributed by atoms with van der Waals surface area (Å²) < 4.78 is 5.36. The zero-order valence-corrected chi connectivity index (χ0v) is 16.9. The van der Waals surface area contributed by atoms with Crippen LogP contribution >= 0.6 is 23.2 Å². The number of oxime groups is 1. The summed E-state index contributed by atoms with van der Waals surface area (Å²) in [6, 6.07) is 20.5. The number of carbonyl (C=O) groups is 2. The molecule has 0 fully saturated rings. The molecule has 0 N–H and O–H groups in total. The molecule has 1 heterocycles. The molecule has 30 heavy (non-hydrogen) atoms. The Morgan fingerprint density at radius 1 is 0.967 bits per heavy atom. The molecular formula is C23H13Cl2NO4. The predicted octanol–water partition coefficient (Wildman–Crippen LogP) is 5.56. The number of hydrogen-bond acceptors (Lipinski definition) is 5. The molecule has 0 aromatic heterocycles. The molecular weight excluding hydrogens is 425 g/mol. The molecule has 0 bridgehead atoms. The van der Waals surface area contributed by atoms with Crippen molar-refractivity contribution in [1.29, 1.82) is 0 Å². The fourth-order valence-electron chi connectivity index (χ4n) is 2.83. The number of esters is 1. The summed E-state index contributed by atoms with van der Waals surface area (Å²) in [5.41, 5.74) is 2.52. The topological polar surface area (TPSA) is 65.0 Å². The van der Waals surface area contributed by atoms with Gasteiger partial charge in [-0.05, 0) is 42.0 Å². The van der Waals surface area contributed by atoms with Gasteiger partial charge in [0.2, 0.25) is 0 Å². The summed E-state index contributed by atoms with van der Waals surface area (Å²) in [5.74, 6) is -0.790. The van der Waals surface area contributed by atoms with Gasteiger partial charge in [0.25, 0.3) is 0 Å². The zero-order valence-electron chi connectivity index (χ0n) is 15.3. The van der Waals surface area contributed by atoms with E-state index in [1.807, 2.05) is 30.3 Å². The molecule has 5 nitrogen and oxygen atoms in total. The highest BCUT2D eigenvalue weighted by molar-refractivity contribution is 6.36. The summed E-state index contributed by atoms with van der Waals surface area (Å²) in [6.45, 7) is 0. The Hall–Kier alpha value is -3.41. The van der Waals surface area contributed by atoms with E-state index in [1.54, 1.807) is 36.4 Å². The minimum absolute atomic E-state index is 0.210. The number of hydrogen-bond donors (Lipinski definition) is 0. The molecule has 0 saturated heterocycles. The van der Waals surface area contributed by atoms with Gasteiger partial charge in [-0.15, -0.1) is 0 Å². The summed E-state index contributed by atoms with van der Waals surface area (Å²) >= 11 is 11.9. The summed E-state index contributed by atoms with van der Waals surface area (Å²) in [6.07, 6.45) is 1.67. The van der Waals surface area contributed by atoms with Crippen molar-refractivity contribution in [3.05, 3.63) is 105 Å². The molecule has 0 amide bonds. The second-order valence-electron chi connectivity index (χ2n) is 6.33. The van der Waals surface area contributed by atoms with Crippen LogP contribution in [0.4, 0.5) is 0 Å². The van der Waals surface area contributed by atoms with E-state index < -0.39 is 11.9 Å². The normalized spacial score (nSPS) is 14.4. The van der Waals surface area contributed by atoms with E-state index in [0.717, 1.165) is 11.1 Å². The van der Waals surface area contributed by atoms with Crippen molar-refractivity contribution < 1.29 is 19.2 Å². The van der Waals surface area contributed by atoms with Crippen molar-refractivity contribution in [2.24, 2.45) is 5.16 Å². The van der Waals surface area contributed by atoms with Crippen LogP contribution < -0.4 is 4.74 Å². The van der Waals surface area contributed by atoms with Gasteiger partial charge in [-0.1, -0.05) is 70.8 Å². The van der Waals surface area contributed by atoms with Crippen LogP contribution in [0.3, 0.4) is 0 Å². The summed E-state index contributed by atoms with van der Waals surface area (Å²) in [4.78, 5) is 29.2. The van der Waals surface area contributed by atoms with Gasteiger partial charge >= 0.3 is 11.9 Å². The molecule has 1 aliphatic heterocycles. The van der Waals surface area contributed by atoms with Crippen molar-refractivity contribution in [2.75, 3.05) is 0 Å². The predicted molar refractivity (Wildman–Crippen MR) is 115 cm³/mol. The lowest BCUT2D eigenvalue weighted by Crippen LogP contribution is -2.09. The molecule has 0 atom stereocenters. The Bertz CT molecular complexity index is 1190. The van der Waals surface area contributed by atoms with Crippen LogP contribution in [0.5, 0.6) is 5.75 Å². The number of carbonyl (C=O) groups excluding carboxylic acids is 2. The van der Waals surface area contributed by atoms with E-state index in [9.17, 15) is 9.59 Å². The minimum Gasteiger partial charge on any atom is -0.423 e. The van der Waals surface area contributed by atoms with Gasteiger partial charge in [0.05, 0.1) is 16.2 Å². The highest BCUT2D eigenvalue weighted by atomic mass is 35.5. The van der Waals surface area contributed by atoms with E-state index in [-0.39, 0.29) is 10.6 Å². The van der Waals surface area contributed by atoms with Crippen molar-refractivity contribution >= 4 is 46.9 Å². The largest absolute Gasteiger partial charge is 0.423 e. The van der Waals surface area contributed by atoms with Crippen molar-refractivity contribution in [3.63, 3.8) is 0 Å². The third-order valence-electron chi connectivity index (χ3n) is 4.29. The van der Waals surface area contributed by atoms with E-state index >= 15 is 0 Å². The third-order valence-corrected chi connectivity index (χ3v) is 4.84. The average molecular weight is 438 g/mol. The third kappa shape index (κ3) is 4.27. The van der Waals surface area contributed by atoms with Crippen LogP contribution in [0.15, 0.2) is 83.5 Å². The Kier molecular flexibility index (Phi) is 5.65. The Morgan fingerprint density at radius 3 is 2.40 bits per heavy atom. The molecule has 0 spiro atoms. The molecule has 4 rings (SSSR count). The maximum atomic E-state index is 12.3. The first kappa shape index (κ1) is 19.9. The van der Waals surface area contributed by atoms with Gasteiger partial charge in [0, 0.05) is 10.6 Å². The molecule has 0 unspecified atom stereocenters. The number of halogens is 2. The van der Waals surface area contributed by atoms with Gasteiger partial charge in [0.15, 0.2) is 0 Å². The van der Waals surface area contributed by atoms with Gasteiger partial charge < -0.3 is 9.57 Å². The quantitative estimate of drug-likeness (QED) is 0.232. The zero-order chi connectivity index (χ0) is 21.1. The molecule has 3 aromatic carbocycles. The summed E-state index contributed by atoms with van der Waals surface area (Å²) in [5, 5.41) is 4.52. The van der Waals surface area contributed by atoms with Crippen molar-refractivity contribution in [1.82, 2.24) is 0 Å². The fraction of sp³-hybridized carbons (Fsp3) is 0. The van der Waals surface area contributed by atoms with Gasteiger partial charge in [0.1, 0.15) is 11.5 Å². The van der Waals surface area contributed by atoms with Crippen LogP contribution in [0, 0.1) is 0 Å². The minimum atomic E-state index is -0.597. The monoisotopic (exact) mass is 437 g/mol. The number of nitrogens with zero attached hydrogens (tertiary/aromatic N) is 1. The van der Waals surface area contributed by atoms with Gasteiger partial charge in [-0.25, -0.2) is 9.59 Å². The second-order valence-corrected chi connectivity index (χ2v) is 7.17. The molecule has 148 valence electrons. The highest BCUT2D eigenvalue weighted by Gasteiger charge is 2.26. The smallest absolute Gasteiger partial charge is 0.368 e. The van der Waals surface area contributed by atoms with Gasteiger partial charge in [-0.3, -0.25) is 0 Å². The Morgan fingerprint density at radius 2 is 1.70 bits per heavy atom. The maximum Gasteiger partial charge on any atom is 0.368 e. The highest BCUT2D eigenvalue weighted by Crippen LogP contribution is 2.24. The first-order valence-corrected chi connectivity index (χ1v) is 9.61. The van der Waals surface area contributed by atoms with Crippen LogP contribution in [0.1, 0.15) is 21.5 Å². The van der Waals surface area contributed by atoms with Crippen molar-refractivity contribution in [2.45, 2.75) is 0 Å². The number of benzene rings is 3. The van der Waals surface area contributed by atoms with E-state index in [0.29, 0.717) is 22.1 Å². The second kappa shape index (κ2) is 8.53. The first-order valence-electron chi connectivity index (χ1n) is 8.85. The Balaban J connectivity index is 1.53. The van der Waals surface area contributed by atoms with Gasteiger partial charge in [-0.2, -0.15) is 0 Å². The van der Waals surface area contributed by atoms with E-state index in [1.165, 1.54) is 12.1 Å². The lowest BCUT2D eigenvalue weighted by molar-refractivity contribution is -0.136. The molecule has 7 heteroatoms. The lowest BCUT2D eigenvalue weighted by Gasteiger charge is -2.07. The number of rotatable bonds is 4. The molecule has 0 radical (unpaired) electrons. The van der Waals surface area contributed by atoms with Crippen LogP contribution in [-0.2, 0) is 9.63 Å². The van der Waals surface area contributed by atoms with Crippen molar-refractivity contribution in [3.8, 4) is 5.75 Å². The summed E-state index contributed by atoms with van der Waals surface area (Å²) in [7, 11) is 0. The van der Waals surface area contributed by atoms with Crippen LogP contribution in [0.2, 0.25) is 10.0 Å². The van der Waals surface area contributed by atoms with Crippen LogP contribution in [0.25, 0.3) is 6.08 Å². The molecule has 3 aromatic rings. The Labute approximate surface area is 182 Å². The fourth-order valence-corrected chi connectivity index (χ4v) is 3.32. The first-order chi connectivity index (χ1) is 14.5. The maximum absolute atomic E-state index is 12.3. The molecule has 1 aliphatic rings. The SMILES string of the molecule is O=C1ON=C(c2ccccc2)C1=Cc1ccc(OC(=O)c2ccc(Cl)cc2Cl)cc1. The molecule has 0 aliphatic carbocycles. The van der Waals surface area contributed by atoms with Crippen LogP contribution in [-0.4, -0.2) is 17.7 Å². The number of ether oxygens (including phenoxy) is 1. The average Bonchev–Trinajstić information content (AvgIpc) is 3.10. The lowest BCUT2D eigenvalue weighted by atomic mass is 10.0. The van der Waals surface area contributed by atoms with E-state index in [4.69, 9.17) is 32.8 Å². The standard InChI is InChI=1S/C23H13Cl2NO4/c24-16-8-11-18(20(25)13-16)22(27)29-17-9-6-14(7-10-17)12-19-21(26-30-23(19)28)15-4-2-1-3-5-15/h1-13H. The molecule has 0 saturated carbocycles.